The smallest absolute Gasteiger partial charge is 0.246 e. The summed E-state index contributed by atoms with van der Waals surface area (Å²) in [5, 5.41) is 0. The maximum absolute atomic E-state index is 12.4. The van der Waals surface area contributed by atoms with E-state index in [1.807, 2.05) is 20.8 Å². The van der Waals surface area contributed by atoms with Gasteiger partial charge in [0.1, 0.15) is 6.04 Å². The Bertz CT molecular complexity index is 353. The quantitative estimate of drug-likeness (QED) is 0.824. The Morgan fingerprint density at radius 1 is 1.45 bits per heavy atom. The molecule has 1 heterocycles. The van der Waals surface area contributed by atoms with Gasteiger partial charge in [-0.1, -0.05) is 20.8 Å². The van der Waals surface area contributed by atoms with Crippen molar-refractivity contribution < 1.29 is 9.59 Å². The average molecular weight is 324 g/mol. The molecule has 1 unspecified atom stereocenters. The van der Waals surface area contributed by atoms with Gasteiger partial charge in [-0.2, -0.15) is 0 Å². The number of nitrogens with two attached hydrogens (primary N) is 1. The highest BCUT2D eigenvalue weighted by Gasteiger charge is 2.36. The van der Waals surface area contributed by atoms with Gasteiger partial charge in [-0.25, -0.2) is 0 Å². The summed E-state index contributed by atoms with van der Waals surface area (Å²) in [7, 11) is 1.79. The van der Waals surface area contributed by atoms with E-state index in [4.69, 9.17) is 5.73 Å². The number of carbonyl (C=O) groups excluding carboxylic acids is 2. The first-order valence-electron chi connectivity index (χ1n) is 6.64. The van der Waals surface area contributed by atoms with Crippen molar-refractivity contribution in [1.82, 2.24) is 9.80 Å². The Balaban J connectivity index is 0.00000361. The highest BCUT2D eigenvalue weighted by atomic mass is 35.5. The molecule has 0 aromatic carbocycles. The molecule has 1 aliphatic rings. The number of halogens is 1. The van der Waals surface area contributed by atoms with Gasteiger partial charge >= 0.3 is 0 Å². The summed E-state index contributed by atoms with van der Waals surface area (Å²) in [5.41, 5.74) is 5.60. The van der Waals surface area contributed by atoms with Crippen LogP contribution in [0.1, 0.15) is 27.2 Å². The van der Waals surface area contributed by atoms with Crippen molar-refractivity contribution in [3.05, 3.63) is 0 Å². The summed E-state index contributed by atoms with van der Waals surface area (Å²) < 4.78 is 0. The van der Waals surface area contributed by atoms with Crippen LogP contribution in [-0.2, 0) is 9.59 Å². The number of nitrogens with zero attached hydrogens (tertiary/aromatic N) is 2. The Labute approximate surface area is 132 Å². The highest BCUT2D eigenvalue weighted by Crippen LogP contribution is 2.24. The van der Waals surface area contributed by atoms with Crippen LogP contribution in [0.5, 0.6) is 0 Å². The standard InChI is InChI=1S/C13H25N3O2S.ClH/c1-5-11(17)16-9-19-6-10(16)12(18)15(4)8-13(2,3)7-14;/h10H,5-9,14H2,1-4H3;1H. The van der Waals surface area contributed by atoms with E-state index in [1.54, 1.807) is 28.6 Å². The number of rotatable bonds is 5. The van der Waals surface area contributed by atoms with Crippen molar-refractivity contribution in [2.75, 3.05) is 31.8 Å². The molecule has 0 saturated carbocycles. The van der Waals surface area contributed by atoms with Crippen LogP contribution in [-0.4, -0.2) is 59.4 Å². The molecule has 0 spiro atoms. The van der Waals surface area contributed by atoms with Crippen LogP contribution in [0.2, 0.25) is 0 Å². The second-order valence-corrected chi connectivity index (χ2v) is 6.80. The normalized spacial score (nSPS) is 18.6. The molecule has 1 aliphatic heterocycles. The lowest BCUT2D eigenvalue weighted by molar-refractivity contribution is -0.143. The summed E-state index contributed by atoms with van der Waals surface area (Å²) in [6, 6.07) is -0.309. The Morgan fingerprint density at radius 2 is 2.05 bits per heavy atom. The van der Waals surface area contributed by atoms with Gasteiger partial charge in [-0.05, 0) is 12.0 Å². The first-order chi connectivity index (χ1) is 8.82. The second kappa shape index (κ2) is 8.10. The molecular formula is C13H26ClN3O2S. The van der Waals surface area contributed by atoms with E-state index in [-0.39, 0.29) is 35.7 Å². The lowest BCUT2D eigenvalue weighted by atomic mass is 9.93. The van der Waals surface area contributed by atoms with Gasteiger partial charge in [0, 0.05) is 25.8 Å². The molecule has 0 aromatic heterocycles. The van der Waals surface area contributed by atoms with Crippen molar-refractivity contribution in [3.63, 3.8) is 0 Å². The molecule has 0 aromatic rings. The van der Waals surface area contributed by atoms with Crippen molar-refractivity contribution in [2.45, 2.75) is 33.2 Å². The van der Waals surface area contributed by atoms with E-state index < -0.39 is 0 Å². The summed E-state index contributed by atoms with van der Waals surface area (Å²) >= 11 is 1.64. The van der Waals surface area contributed by atoms with Crippen molar-refractivity contribution >= 4 is 36.0 Å². The Kier molecular flexibility index (Phi) is 7.91. The zero-order valence-electron chi connectivity index (χ0n) is 12.7. The zero-order valence-corrected chi connectivity index (χ0v) is 14.4. The monoisotopic (exact) mass is 323 g/mol. The molecule has 0 aliphatic carbocycles. The topological polar surface area (TPSA) is 66.6 Å². The minimum absolute atomic E-state index is 0. The molecule has 1 atom stereocenters. The van der Waals surface area contributed by atoms with Gasteiger partial charge in [0.15, 0.2) is 0 Å². The van der Waals surface area contributed by atoms with Crippen LogP contribution < -0.4 is 5.73 Å². The number of likely N-dealkylation sites (N-methyl/N-ethyl adjacent to an activating group) is 1. The largest absolute Gasteiger partial charge is 0.343 e. The lowest BCUT2D eigenvalue weighted by Gasteiger charge is -2.32. The summed E-state index contributed by atoms with van der Waals surface area (Å²) in [6.45, 7) is 7.04. The lowest BCUT2D eigenvalue weighted by Crippen LogP contribution is -2.50. The van der Waals surface area contributed by atoms with Gasteiger partial charge in [-0.3, -0.25) is 9.59 Å². The van der Waals surface area contributed by atoms with Gasteiger partial charge in [0.2, 0.25) is 11.8 Å². The third-order valence-corrected chi connectivity index (χ3v) is 4.40. The first-order valence-corrected chi connectivity index (χ1v) is 7.80. The predicted molar refractivity (Wildman–Crippen MR) is 86.0 cm³/mol. The molecule has 5 nitrogen and oxygen atoms in total. The van der Waals surface area contributed by atoms with Crippen molar-refractivity contribution in [2.24, 2.45) is 11.1 Å². The van der Waals surface area contributed by atoms with E-state index in [9.17, 15) is 9.59 Å². The summed E-state index contributed by atoms with van der Waals surface area (Å²) in [4.78, 5) is 27.7. The molecule has 2 N–H and O–H groups in total. The van der Waals surface area contributed by atoms with Gasteiger partial charge in [0.05, 0.1) is 5.88 Å². The van der Waals surface area contributed by atoms with Gasteiger partial charge in [0.25, 0.3) is 0 Å². The average Bonchev–Trinajstić information content (AvgIpc) is 2.85. The van der Waals surface area contributed by atoms with Crippen molar-refractivity contribution in [3.8, 4) is 0 Å². The maximum atomic E-state index is 12.4. The Hall–Kier alpha value is -0.460. The van der Waals surface area contributed by atoms with Crippen LogP contribution in [0, 0.1) is 5.41 Å². The van der Waals surface area contributed by atoms with E-state index in [0.29, 0.717) is 31.1 Å². The van der Waals surface area contributed by atoms with Gasteiger partial charge in [-0.15, -0.1) is 24.2 Å². The maximum Gasteiger partial charge on any atom is 0.246 e. The third kappa shape index (κ3) is 4.82. The fourth-order valence-electron chi connectivity index (χ4n) is 2.14. The zero-order chi connectivity index (χ0) is 14.6. The molecule has 7 heteroatoms. The minimum atomic E-state index is -0.309. The first kappa shape index (κ1) is 19.5. The van der Waals surface area contributed by atoms with E-state index in [2.05, 4.69) is 0 Å². The third-order valence-electron chi connectivity index (χ3n) is 3.38. The number of hydrogen-bond acceptors (Lipinski definition) is 4. The SMILES string of the molecule is CCC(=O)N1CSCC1C(=O)N(C)CC(C)(C)CN.Cl. The molecule has 2 amide bonds. The summed E-state index contributed by atoms with van der Waals surface area (Å²) in [6.07, 6.45) is 0.447. The van der Waals surface area contributed by atoms with Crippen LogP contribution in [0.4, 0.5) is 0 Å². The second-order valence-electron chi connectivity index (χ2n) is 5.80. The fraction of sp³-hybridized carbons (Fsp3) is 0.846. The molecule has 1 saturated heterocycles. The minimum Gasteiger partial charge on any atom is -0.343 e. The number of thioether (sulfide) groups is 1. The van der Waals surface area contributed by atoms with E-state index >= 15 is 0 Å². The van der Waals surface area contributed by atoms with E-state index in [1.165, 1.54) is 0 Å². The van der Waals surface area contributed by atoms with Crippen LogP contribution in [0.15, 0.2) is 0 Å². The predicted octanol–water partition coefficient (Wildman–Crippen LogP) is 1.16. The van der Waals surface area contributed by atoms with Crippen LogP contribution >= 0.6 is 24.2 Å². The molecule has 1 fully saturated rings. The number of hydrogen-bond donors (Lipinski definition) is 1. The molecule has 20 heavy (non-hydrogen) atoms. The summed E-state index contributed by atoms with van der Waals surface area (Å²) in [5.74, 6) is 1.39. The molecular weight excluding hydrogens is 298 g/mol. The number of amides is 2. The molecule has 118 valence electrons. The molecule has 0 radical (unpaired) electrons. The van der Waals surface area contributed by atoms with Crippen LogP contribution in [0.25, 0.3) is 0 Å². The highest BCUT2D eigenvalue weighted by molar-refractivity contribution is 7.99. The number of carbonyl (C=O) groups is 2. The van der Waals surface area contributed by atoms with E-state index in [0.717, 1.165) is 0 Å². The molecule has 0 bridgehead atoms. The van der Waals surface area contributed by atoms with Gasteiger partial charge < -0.3 is 15.5 Å². The fourth-order valence-corrected chi connectivity index (χ4v) is 3.31. The van der Waals surface area contributed by atoms with Crippen molar-refractivity contribution in [1.29, 1.82) is 0 Å². The van der Waals surface area contributed by atoms with Crippen LogP contribution in [0.3, 0.4) is 0 Å². The molecule has 1 rings (SSSR count). The Morgan fingerprint density at radius 3 is 2.55 bits per heavy atom.